The number of hydrogen-bond acceptors (Lipinski definition) is 4. The van der Waals surface area contributed by atoms with Crippen LogP contribution < -0.4 is 5.32 Å². The fourth-order valence-electron chi connectivity index (χ4n) is 4.54. The Morgan fingerprint density at radius 2 is 1.86 bits per heavy atom. The molecule has 2 aliphatic carbocycles. The van der Waals surface area contributed by atoms with E-state index in [1.54, 1.807) is 0 Å². The molecule has 0 spiro atoms. The summed E-state index contributed by atoms with van der Waals surface area (Å²) in [6, 6.07) is 8.06. The van der Waals surface area contributed by atoms with Crippen molar-refractivity contribution in [3.63, 3.8) is 0 Å². The SMILES string of the molecule is O=C1CC(=O)c2c(nc3ccccc3c2CCCC(=O)NC2CCCCC2)C1. The predicted octanol–water partition coefficient (Wildman–Crippen LogP) is 3.70. The molecule has 0 radical (unpaired) electrons. The molecule has 0 saturated heterocycles. The van der Waals surface area contributed by atoms with Gasteiger partial charge in [0, 0.05) is 29.8 Å². The third kappa shape index (κ3) is 3.98. The van der Waals surface area contributed by atoms with Crippen LogP contribution in [0.3, 0.4) is 0 Å². The molecule has 1 aromatic carbocycles. The van der Waals surface area contributed by atoms with Crippen molar-refractivity contribution in [3.8, 4) is 0 Å². The number of amides is 1. The van der Waals surface area contributed by atoms with Crippen LogP contribution in [0.2, 0.25) is 0 Å². The molecule has 1 amide bonds. The summed E-state index contributed by atoms with van der Waals surface area (Å²) < 4.78 is 0. The zero-order chi connectivity index (χ0) is 19.5. The summed E-state index contributed by atoms with van der Waals surface area (Å²) >= 11 is 0. The minimum atomic E-state index is -0.133. The summed E-state index contributed by atoms with van der Waals surface area (Å²) in [6.45, 7) is 0. The lowest BCUT2D eigenvalue weighted by Crippen LogP contribution is -2.36. The molecule has 2 aliphatic rings. The summed E-state index contributed by atoms with van der Waals surface area (Å²) in [7, 11) is 0. The van der Waals surface area contributed by atoms with Crippen molar-refractivity contribution >= 4 is 28.4 Å². The average Bonchev–Trinajstić information content (AvgIpc) is 2.68. The molecular weight excluding hydrogens is 352 g/mol. The molecule has 0 bridgehead atoms. The van der Waals surface area contributed by atoms with Gasteiger partial charge in [-0.05, 0) is 37.3 Å². The van der Waals surface area contributed by atoms with Crippen molar-refractivity contribution in [3.05, 3.63) is 41.1 Å². The van der Waals surface area contributed by atoms with Crippen LogP contribution in [0.5, 0.6) is 0 Å². The Morgan fingerprint density at radius 3 is 2.68 bits per heavy atom. The lowest BCUT2D eigenvalue weighted by molar-refractivity contribution is -0.122. The zero-order valence-corrected chi connectivity index (χ0v) is 16.1. The lowest BCUT2D eigenvalue weighted by atomic mass is 9.86. The highest BCUT2D eigenvalue weighted by Gasteiger charge is 2.28. The monoisotopic (exact) mass is 378 g/mol. The van der Waals surface area contributed by atoms with Crippen molar-refractivity contribution in [2.75, 3.05) is 0 Å². The maximum absolute atomic E-state index is 12.6. The number of aryl methyl sites for hydroxylation is 1. The number of nitrogens with one attached hydrogen (secondary N) is 1. The molecule has 0 aliphatic heterocycles. The van der Waals surface area contributed by atoms with Gasteiger partial charge >= 0.3 is 0 Å². The molecule has 1 fully saturated rings. The molecular formula is C23H26N2O3. The summed E-state index contributed by atoms with van der Waals surface area (Å²) in [5, 5.41) is 4.11. The Kier molecular flexibility index (Phi) is 5.51. The molecule has 5 nitrogen and oxygen atoms in total. The highest BCUT2D eigenvalue weighted by Crippen LogP contribution is 2.29. The van der Waals surface area contributed by atoms with Crippen molar-refractivity contribution < 1.29 is 14.4 Å². The second kappa shape index (κ2) is 8.21. The number of carbonyl (C=O) groups excluding carboxylic acids is 3. The minimum Gasteiger partial charge on any atom is -0.353 e. The molecule has 1 N–H and O–H groups in total. The number of ketones is 2. The van der Waals surface area contributed by atoms with E-state index >= 15 is 0 Å². The van der Waals surface area contributed by atoms with Gasteiger partial charge in [-0.3, -0.25) is 19.4 Å². The van der Waals surface area contributed by atoms with Crippen LogP contribution in [0, 0.1) is 0 Å². The minimum absolute atomic E-state index is 0.0395. The van der Waals surface area contributed by atoms with E-state index in [1.807, 2.05) is 24.3 Å². The zero-order valence-electron chi connectivity index (χ0n) is 16.1. The number of Topliss-reactive ketones (excluding diaryl/α,β-unsaturated/α-hetero) is 2. The Morgan fingerprint density at radius 1 is 1.07 bits per heavy atom. The van der Waals surface area contributed by atoms with Crippen LogP contribution in [0.15, 0.2) is 24.3 Å². The van der Waals surface area contributed by atoms with Crippen molar-refractivity contribution in [2.45, 2.75) is 70.3 Å². The number of para-hydroxylation sites is 1. The summed E-state index contributed by atoms with van der Waals surface area (Å²) in [5.74, 6) is -0.107. The highest BCUT2D eigenvalue weighted by atomic mass is 16.2. The van der Waals surface area contributed by atoms with Crippen LogP contribution in [-0.4, -0.2) is 28.5 Å². The number of carbonyl (C=O) groups is 3. The normalized spacial score (nSPS) is 17.6. The Hall–Kier alpha value is -2.56. The van der Waals surface area contributed by atoms with Gasteiger partial charge in [0.05, 0.1) is 17.6 Å². The Bertz CT molecular complexity index is 929. The Balaban J connectivity index is 1.51. The van der Waals surface area contributed by atoms with E-state index in [-0.39, 0.29) is 30.3 Å². The van der Waals surface area contributed by atoms with Crippen molar-refractivity contribution in [2.24, 2.45) is 0 Å². The van der Waals surface area contributed by atoms with Crippen molar-refractivity contribution in [1.82, 2.24) is 10.3 Å². The molecule has 1 saturated carbocycles. The molecule has 0 unspecified atom stereocenters. The van der Waals surface area contributed by atoms with Crippen LogP contribution in [0.25, 0.3) is 10.9 Å². The predicted molar refractivity (Wildman–Crippen MR) is 107 cm³/mol. The number of fused-ring (bicyclic) bond motifs is 2. The van der Waals surface area contributed by atoms with E-state index in [4.69, 9.17) is 0 Å². The van der Waals surface area contributed by atoms with Gasteiger partial charge in [0.2, 0.25) is 5.91 Å². The van der Waals surface area contributed by atoms with Crippen LogP contribution in [0.1, 0.15) is 73.0 Å². The number of pyridine rings is 1. The van der Waals surface area contributed by atoms with Gasteiger partial charge in [0.15, 0.2) is 5.78 Å². The lowest BCUT2D eigenvalue weighted by Gasteiger charge is -2.23. The second-order valence-electron chi connectivity index (χ2n) is 8.00. The van der Waals surface area contributed by atoms with E-state index in [0.717, 1.165) is 29.3 Å². The van der Waals surface area contributed by atoms with E-state index in [2.05, 4.69) is 10.3 Å². The maximum Gasteiger partial charge on any atom is 0.220 e. The fraction of sp³-hybridized carbons (Fsp3) is 0.478. The molecule has 28 heavy (non-hydrogen) atoms. The summed E-state index contributed by atoms with van der Waals surface area (Å²) in [4.78, 5) is 41.3. The second-order valence-corrected chi connectivity index (χ2v) is 8.00. The van der Waals surface area contributed by atoms with Gasteiger partial charge in [-0.1, -0.05) is 37.5 Å². The number of aromatic nitrogens is 1. The molecule has 1 heterocycles. The van der Waals surface area contributed by atoms with Gasteiger partial charge in [0.25, 0.3) is 0 Å². The highest BCUT2D eigenvalue weighted by molar-refractivity contribution is 6.14. The van der Waals surface area contributed by atoms with E-state index in [0.29, 0.717) is 36.6 Å². The van der Waals surface area contributed by atoms with Gasteiger partial charge in [0.1, 0.15) is 5.78 Å². The topological polar surface area (TPSA) is 76.1 Å². The van der Waals surface area contributed by atoms with Gasteiger partial charge < -0.3 is 5.32 Å². The first-order chi connectivity index (χ1) is 13.6. The third-order valence-electron chi connectivity index (χ3n) is 5.88. The van der Waals surface area contributed by atoms with Crippen molar-refractivity contribution in [1.29, 1.82) is 0 Å². The average molecular weight is 378 g/mol. The molecule has 0 atom stereocenters. The number of hydrogen-bond donors (Lipinski definition) is 1. The largest absolute Gasteiger partial charge is 0.353 e. The Labute approximate surface area is 164 Å². The van der Waals surface area contributed by atoms with Crippen LogP contribution in [-0.2, 0) is 22.4 Å². The summed E-state index contributed by atoms with van der Waals surface area (Å²) in [5.41, 5.74) is 2.97. The first-order valence-corrected chi connectivity index (χ1v) is 10.4. The molecule has 1 aromatic heterocycles. The quantitative estimate of drug-likeness (QED) is 0.805. The first-order valence-electron chi connectivity index (χ1n) is 10.4. The molecule has 5 heteroatoms. The van der Waals surface area contributed by atoms with E-state index in [9.17, 15) is 14.4 Å². The maximum atomic E-state index is 12.6. The van der Waals surface area contributed by atoms with Gasteiger partial charge in [-0.25, -0.2) is 0 Å². The van der Waals surface area contributed by atoms with Crippen LogP contribution in [0.4, 0.5) is 0 Å². The fourth-order valence-corrected chi connectivity index (χ4v) is 4.54. The van der Waals surface area contributed by atoms with Crippen LogP contribution >= 0.6 is 0 Å². The number of benzene rings is 1. The van der Waals surface area contributed by atoms with E-state index in [1.165, 1.54) is 19.3 Å². The smallest absolute Gasteiger partial charge is 0.220 e. The summed E-state index contributed by atoms with van der Waals surface area (Å²) in [6.07, 6.45) is 7.78. The molecule has 146 valence electrons. The number of nitrogens with zero attached hydrogens (tertiary/aromatic N) is 1. The van der Waals surface area contributed by atoms with E-state index < -0.39 is 0 Å². The number of rotatable bonds is 5. The molecule has 2 aromatic rings. The van der Waals surface area contributed by atoms with Gasteiger partial charge in [-0.15, -0.1) is 0 Å². The molecule has 4 rings (SSSR count). The third-order valence-corrected chi connectivity index (χ3v) is 5.88. The standard InChI is InChI=1S/C23H26N2O3/c26-16-13-20-23(21(27)14-16)18(17-9-4-5-11-19(17)25-20)10-6-12-22(28)24-15-7-2-1-3-8-15/h4-5,9,11,15H,1-3,6-8,10,12-14H2,(H,24,28). The first kappa shape index (κ1) is 18.8. The van der Waals surface area contributed by atoms with Gasteiger partial charge in [-0.2, -0.15) is 0 Å².